The summed E-state index contributed by atoms with van der Waals surface area (Å²) < 4.78 is 12.0. The molecule has 30 heavy (non-hydrogen) atoms. The molecule has 0 unspecified atom stereocenters. The number of nitro benzene ring substituents is 1. The Morgan fingerprint density at radius 2 is 2.03 bits per heavy atom. The van der Waals surface area contributed by atoms with Crippen molar-refractivity contribution in [2.24, 2.45) is 5.41 Å². The predicted molar refractivity (Wildman–Crippen MR) is 111 cm³/mol. The van der Waals surface area contributed by atoms with Crippen LogP contribution in [0.1, 0.15) is 29.7 Å². The molecule has 9 heteroatoms. The first-order valence-corrected chi connectivity index (χ1v) is 10.2. The second kappa shape index (κ2) is 8.53. The van der Waals surface area contributed by atoms with E-state index in [2.05, 4.69) is 34.3 Å². The molecule has 0 amide bonds. The summed E-state index contributed by atoms with van der Waals surface area (Å²) in [4.78, 5) is 22.2. The van der Waals surface area contributed by atoms with Gasteiger partial charge in [0.1, 0.15) is 6.61 Å². The van der Waals surface area contributed by atoms with E-state index in [0.29, 0.717) is 30.6 Å². The maximum absolute atomic E-state index is 11.3. The van der Waals surface area contributed by atoms with E-state index in [9.17, 15) is 10.1 Å². The highest BCUT2D eigenvalue weighted by atomic mass is 16.6. The predicted octanol–water partition coefficient (Wildman–Crippen LogP) is 2.33. The Morgan fingerprint density at radius 3 is 2.77 bits per heavy atom. The van der Waals surface area contributed by atoms with E-state index in [4.69, 9.17) is 9.47 Å². The average molecular weight is 413 g/mol. The fraction of sp³-hybridized carbons (Fsp3) is 0.524. The average Bonchev–Trinajstić information content (AvgIpc) is 3.49. The number of fused-ring (bicyclic) bond motifs is 1. The van der Waals surface area contributed by atoms with E-state index in [1.165, 1.54) is 6.07 Å². The molecule has 1 saturated carbocycles. The zero-order chi connectivity index (χ0) is 21.1. The smallest absolute Gasteiger partial charge is 0.320 e. The number of ether oxygens (including phenoxy) is 2. The topological polar surface area (TPSA) is 103 Å². The van der Waals surface area contributed by atoms with Crippen molar-refractivity contribution in [1.82, 2.24) is 20.2 Å². The van der Waals surface area contributed by atoms with Crippen LogP contribution in [0.5, 0.6) is 11.9 Å². The van der Waals surface area contributed by atoms with E-state index in [-0.39, 0.29) is 17.7 Å². The summed E-state index contributed by atoms with van der Waals surface area (Å²) in [6.45, 7) is 3.04. The van der Waals surface area contributed by atoms with Crippen molar-refractivity contribution < 1.29 is 14.4 Å². The Bertz CT molecular complexity index is 930. The molecule has 1 aromatic carbocycles. The lowest BCUT2D eigenvalue weighted by Gasteiger charge is -2.22. The van der Waals surface area contributed by atoms with Crippen molar-refractivity contribution >= 4 is 5.69 Å². The van der Waals surface area contributed by atoms with E-state index >= 15 is 0 Å². The minimum absolute atomic E-state index is 0.0397. The van der Waals surface area contributed by atoms with Gasteiger partial charge in [-0.15, -0.1) is 0 Å². The zero-order valence-electron chi connectivity index (χ0n) is 17.4. The zero-order valence-corrected chi connectivity index (χ0v) is 17.4. The van der Waals surface area contributed by atoms with Gasteiger partial charge in [-0.3, -0.25) is 10.1 Å². The highest BCUT2D eigenvalue weighted by Crippen LogP contribution is 2.46. The number of aromatic nitrogens is 2. The second-order valence-electron chi connectivity index (χ2n) is 8.36. The molecule has 1 aliphatic heterocycles. The van der Waals surface area contributed by atoms with Crippen molar-refractivity contribution in [2.45, 2.75) is 32.4 Å². The molecule has 1 fully saturated rings. The molecule has 1 aromatic heterocycles. The lowest BCUT2D eigenvalue weighted by molar-refractivity contribution is -0.385. The minimum atomic E-state index is -0.396. The number of benzene rings is 1. The first-order chi connectivity index (χ1) is 14.5. The summed E-state index contributed by atoms with van der Waals surface area (Å²) >= 11 is 0. The lowest BCUT2D eigenvalue weighted by Crippen LogP contribution is -2.29. The first kappa shape index (κ1) is 20.5. The van der Waals surface area contributed by atoms with Gasteiger partial charge in [0, 0.05) is 30.1 Å². The summed E-state index contributed by atoms with van der Waals surface area (Å²) in [6, 6.07) is 6.89. The van der Waals surface area contributed by atoms with Crippen LogP contribution in [0.4, 0.5) is 5.69 Å². The van der Waals surface area contributed by atoms with Gasteiger partial charge in [0.2, 0.25) is 5.88 Å². The molecular weight excluding hydrogens is 386 g/mol. The van der Waals surface area contributed by atoms with Crippen LogP contribution in [0.3, 0.4) is 0 Å². The van der Waals surface area contributed by atoms with Gasteiger partial charge >= 0.3 is 6.01 Å². The lowest BCUT2D eigenvalue weighted by atomic mass is 10.1. The number of nitro groups is 1. The molecule has 0 spiro atoms. The normalized spacial score (nSPS) is 16.8. The molecular formula is C21H27N5O4. The van der Waals surface area contributed by atoms with Crippen LogP contribution in [-0.4, -0.2) is 53.6 Å². The van der Waals surface area contributed by atoms with E-state index in [1.807, 2.05) is 0 Å². The van der Waals surface area contributed by atoms with Gasteiger partial charge in [0.05, 0.1) is 22.8 Å². The molecule has 0 bridgehead atoms. The number of nitrogens with one attached hydrogen (secondary N) is 1. The molecule has 2 aliphatic rings. The van der Waals surface area contributed by atoms with Crippen LogP contribution in [0.25, 0.3) is 0 Å². The molecule has 2 aromatic rings. The molecule has 0 atom stereocenters. The van der Waals surface area contributed by atoms with Gasteiger partial charge < -0.3 is 19.7 Å². The van der Waals surface area contributed by atoms with E-state index in [0.717, 1.165) is 43.6 Å². The van der Waals surface area contributed by atoms with Gasteiger partial charge in [0.15, 0.2) is 0 Å². The van der Waals surface area contributed by atoms with Crippen molar-refractivity contribution in [3.8, 4) is 11.9 Å². The third-order valence-electron chi connectivity index (χ3n) is 5.55. The first-order valence-electron chi connectivity index (χ1n) is 10.2. The van der Waals surface area contributed by atoms with Crippen LogP contribution in [0.2, 0.25) is 0 Å². The number of nitrogens with zero attached hydrogens (tertiary/aromatic N) is 4. The Morgan fingerprint density at radius 1 is 1.23 bits per heavy atom. The van der Waals surface area contributed by atoms with Gasteiger partial charge in [-0.2, -0.15) is 9.97 Å². The quantitative estimate of drug-likeness (QED) is 0.494. The monoisotopic (exact) mass is 413 g/mol. The third-order valence-corrected chi connectivity index (χ3v) is 5.55. The SMILES string of the molecule is CN(C)CC1(COc2nc3c(c(OCc4ccccc4[N+](=O)[O-])n2)CCNC3)CC1. The van der Waals surface area contributed by atoms with E-state index < -0.39 is 4.92 Å². The van der Waals surface area contributed by atoms with Crippen molar-refractivity contribution in [1.29, 1.82) is 0 Å². The summed E-state index contributed by atoms with van der Waals surface area (Å²) in [7, 11) is 4.13. The number of para-hydroxylation sites is 1. The number of rotatable bonds is 9. The van der Waals surface area contributed by atoms with Gasteiger partial charge in [-0.25, -0.2) is 0 Å². The molecule has 160 valence electrons. The second-order valence-corrected chi connectivity index (χ2v) is 8.36. The Labute approximate surface area is 175 Å². The van der Waals surface area contributed by atoms with Crippen LogP contribution >= 0.6 is 0 Å². The number of hydrogen-bond donors (Lipinski definition) is 1. The van der Waals surface area contributed by atoms with Crippen LogP contribution in [-0.2, 0) is 19.6 Å². The minimum Gasteiger partial charge on any atom is -0.472 e. The summed E-state index contributed by atoms with van der Waals surface area (Å²) in [5, 5.41) is 14.6. The van der Waals surface area contributed by atoms with Gasteiger partial charge in [-0.05, 0) is 46.0 Å². The maximum atomic E-state index is 11.3. The van der Waals surface area contributed by atoms with Gasteiger partial charge in [-0.1, -0.05) is 12.1 Å². The highest BCUT2D eigenvalue weighted by molar-refractivity contribution is 5.40. The van der Waals surface area contributed by atoms with Crippen LogP contribution < -0.4 is 14.8 Å². The molecule has 4 rings (SSSR count). The van der Waals surface area contributed by atoms with Crippen LogP contribution in [0, 0.1) is 15.5 Å². The molecule has 0 radical (unpaired) electrons. The summed E-state index contributed by atoms with van der Waals surface area (Å²) in [6.07, 6.45) is 3.02. The van der Waals surface area contributed by atoms with Crippen molar-refractivity contribution in [2.75, 3.05) is 33.8 Å². The Balaban J connectivity index is 1.52. The Kier molecular flexibility index (Phi) is 5.83. The summed E-state index contributed by atoms with van der Waals surface area (Å²) in [5.41, 5.74) is 2.52. The molecule has 1 N–H and O–H groups in total. The highest BCUT2D eigenvalue weighted by Gasteiger charge is 2.44. The van der Waals surface area contributed by atoms with Crippen LogP contribution in [0.15, 0.2) is 24.3 Å². The fourth-order valence-electron chi connectivity index (χ4n) is 3.86. The van der Waals surface area contributed by atoms with Gasteiger partial charge in [0.25, 0.3) is 5.69 Å². The summed E-state index contributed by atoms with van der Waals surface area (Å²) in [5.74, 6) is 0.451. The van der Waals surface area contributed by atoms with Crippen molar-refractivity contribution in [3.05, 3.63) is 51.2 Å². The maximum Gasteiger partial charge on any atom is 0.320 e. The fourth-order valence-corrected chi connectivity index (χ4v) is 3.86. The molecule has 1 aliphatic carbocycles. The standard InChI is InChI=1S/C21H27N5O4/c1-25(2)13-21(8-9-21)14-30-20-23-17-11-22-10-7-16(17)19(24-20)29-12-15-5-3-4-6-18(15)26(27)28/h3-6,22H,7-14H2,1-2H3. The molecule has 9 nitrogen and oxygen atoms in total. The molecule has 0 saturated heterocycles. The third kappa shape index (κ3) is 4.68. The van der Waals surface area contributed by atoms with E-state index in [1.54, 1.807) is 18.2 Å². The largest absolute Gasteiger partial charge is 0.472 e. The Hall–Kier alpha value is -2.78. The molecule has 2 heterocycles. The number of hydrogen-bond acceptors (Lipinski definition) is 8. The van der Waals surface area contributed by atoms with Crippen molar-refractivity contribution in [3.63, 3.8) is 0 Å².